The number of allylic oxidation sites excluding steroid dienone is 1. The molecule has 8 rings (SSSR count). The molecule has 2 unspecified atom stereocenters. The number of hydrogen-bond donors (Lipinski definition) is 3. The van der Waals surface area contributed by atoms with Crippen LogP contribution < -0.4 is 0 Å². The molecule has 59 heavy (non-hydrogen) atoms. The van der Waals surface area contributed by atoms with Gasteiger partial charge in [0.05, 0.1) is 32.0 Å². The van der Waals surface area contributed by atoms with Gasteiger partial charge in [0.2, 0.25) is 5.60 Å². The lowest BCUT2D eigenvalue weighted by Gasteiger charge is -2.63. The van der Waals surface area contributed by atoms with E-state index in [1.54, 1.807) is 7.11 Å². The molecule has 1 aromatic heterocycles. The molecular weight excluding hydrogens is 753 g/mol. The average molecular weight is 815 g/mol. The van der Waals surface area contributed by atoms with Crippen LogP contribution in [0.15, 0.2) is 59.8 Å². The molecule has 6 aliphatic rings. The Hall–Kier alpha value is -4.01. The maximum atomic E-state index is 14.8. The van der Waals surface area contributed by atoms with E-state index in [9.17, 15) is 24.6 Å². The fourth-order valence-electron chi connectivity index (χ4n) is 12.9. The number of aromatic nitrogens is 1. The predicted octanol–water partition coefficient (Wildman–Crippen LogP) is 4.02. The van der Waals surface area contributed by atoms with Crippen molar-refractivity contribution in [3.05, 3.63) is 71.1 Å². The summed E-state index contributed by atoms with van der Waals surface area (Å²) in [5.41, 5.74) is -1.73. The summed E-state index contributed by atoms with van der Waals surface area (Å²) in [6.07, 6.45) is 10.5. The van der Waals surface area contributed by atoms with Crippen molar-refractivity contribution >= 4 is 28.8 Å². The van der Waals surface area contributed by atoms with Gasteiger partial charge in [0.15, 0.2) is 6.10 Å². The summed E-state index contributed by atoms with van der Waals surface area (Å²) in [6.45, 7) is 10.8. The molecule has 4 aliphatic heterocycles. The van der Waals surface area contributed by atoms with Crippen molar-refractivity contribution < 1.29 is 43.5 Å². The number of aromatic amines is 1. The van der Waals surface area contributed by atoms with Crippen molar-refractivity contribution in [2.75, 3.05) is 61.1 Å². The third-order valence-corrected chi connectivity index (χ3v) is 15.6. The molecule has 0 bridgehead atoms. The zero-order valence-corrected chi connectivity index (χ0v) is 35.9. The predicted molar refractivity (Wildman–Crippen MR) is 221 cm³/mol. The first-order valence-electron chi connectivity index (χ1n) is 21.4. The van der Waals surface area contributed by atoms with E-state index < -0.39 is 69.5 Å². The fraction of sp³-hybridized carbons (Fsp3) is 0.630. The number of likely N-dealkylation sites (tertiary alicyclic amines) is 2. The number of nitrogens with one attached hydrogen (secondary N) is 1. The molecule has 13 heteroatoms. The van der Waals surface area contributed by atoms with E-state index in [1.807, 2.05) is 57.0 Å². The van der Waals surface area contributed by atoms with Crippen LogP contribution in [0.25, 0.3) is 10.9 Å². The van der Waals surface area contributed by atoms with E-state index >= 15 is 0 Å². The second kappa shape index (κ2) is 14.9. The summed E-state index contributed by atoms with van der Waals surface area (Å²) < 4.78 is 23.7. The van der Waals surface area contributed by atoms with Gasteiger partial charge in [-0.15, -0.1) is 0 Å². The number of H-pyrrole nitrogens is 1. The van der Waals surface area contributed by atoms with E-state index in [0.717, 1.165) is 52.8 Å². The smallest absolute Gasteiger partial charge is 0.344 e. The molecule has 3 N–H and O–H groups in total. The molecule has 1 saturated carbocycles. The van der Waals surface area contributed by atoms with Gasteiger partial charge < -0.3 is 43.9 Å². The minimum atomic E-state index is -2.27. The normalized spacial score (nSPS) is 36.2. The first-order valence-corrected chi connectivity index (χ1v) is 21.4. The van der Waals surface area contributed by atoms with Gasteiger partial charge in [-0.2, -0.15) is 0 Å². The Morgan fingerprint density at radius 1 is 1.00 bits per heavy atom. The summed E-state index contributed by atoms with van der Waals surface area (Å²) in [7, 11) is 6.19. The first-order chi connectivity index (χ1) is 28.1. The van der Waals surface area contributed by atoms with Crippen LogP contribution in [0.1, 0.15) is 71.1 Å². The number of nitrogens with zero attached hydrogens (tertiary/aromatic N) is 3. The molecule has 10 atom stereocenters. The van der Waals surface area contributed by atoms with Gasteiger partial charge in [-0.1, -0.05) is 50.3 Å². The number of ether oxygens (including phenoxy) is 4. The summed E-state index contributed by atoms with van der Waals surface area (Å²) >= 11 is 0. The van der Waals surface area contributed by atoms with E-state index in [4.69, 9.17) is 18.9 Å². The number of para-hydroxylation sites is 1. The summed E-state index contributed by atoms with van der Waals surface area (Å²) in [5, 5.41) is 25.5. The molecule has 3 saturated heterocycles. The molecule has 1 aromatic carbocycles. The number of likely N-dealkylation sites (N-methyl/N-ethyl adjacent to an activating group) is 1. The fourth-order valence-corrected chi connectivity index (χ4v) is 12.9. The highest BCUT2D eigenvalue weighted by atomic mass is 16.6. The lowest BCUT2D eigenvalue weighted by molar-refractivity contribution is -0.243. The molecule has 4 fully saturated rings. The molecule has 320 valence electrons. The zero-order valence-electron chi connectivity index (χ0n) is 35.9. The molecule has 0 radical (unpaired) electrons. The Labute approximate surface area is 347 Å². The van der Waals surface area contributed by atoms with Gasteiger partial charge in [-0.3, -0.25) is 14.5 Å². The quantitative estimate of drug-likeness (QED) is 0.171. The van der Waals surface area contributed by atoms with Gasteiger partial charge >= 0.3 is 17.9 Å². The maximum absolute atomic E-state index is 14.8. The number of fused-ring (bicyclic) bond motifs is 2. The summed E-state index contributed by atoms with van der Waals surface area (Å²) in [5.74, 6) is -2.49. The molecule has 0 amide bonds. The highest BCUT2D eigenvalue weighted by Gasteiger charge is 2.81. The van der Waals surface area contributed by atoms with Gasteiger partial charge in [0, 0.05) is 85.8 Å². The van der Waals surface area contributed by atoms with Gasteiger partial charge in [0.1, 0.15) is 5.41 Å². The topological polar surface area (TPSA) is 154 Å². The minimum Gasteiger partial charge on any atom is -0.468 e. The Kier molecular flexibility index (Phi) is 10.5. The van der Waals surface area contributed by atoms with Crippen LogP contribution >= 0.6 is 0 Å². The van der Waals surface area contributed by atoms with Gasteiger partial charge in [-0.05, 0) is 81.8 Å². The Morgan fingerprint density at radius 3 is 2.44 bits per heavy atom. The lowest BCUT2D eigenvalue weighted by atomic mass is 9.47. The number of β-amino-alcohol motifs (C(OH)–C–C–N with tert-alkyl or cyclic N) is 1. The van der Waals surface area contributed by atoms with Crippen molar-refractivity contribution in [3.8, 4) is 0 Å². The minimum absolute atomic E-state index is 0.275. The summed E-state index contributed by atoms with van der Waals surface area (Å²) in [6, 6.07) is 6.95. The summed E-state index contributed by atoms with van der Waals surface area (Å²) in [4.78, 5) is 52.4. The molecule has 2 aliphatic carbocycles. The average Bonchev–Trinajstić information content (AvgIpc) is 3.90. The molecule has 2 aromatic rings. The number of rotatable bonds is 11. The number of hydrogen-bond acceptors (Lipinski definition) is 12. The van der Waals surface area contributed by atoms with Gasteiger partial charge in [-0.25, -0.2) is 4.79 Å². The molecular formula is C46H62N4O9. The van der Waals surface area contributed by atoms with E-state index in [-0.39, 0.29) is 6.04 Å². The number of benzene rings is 1. The third-order valence-electron chi connectivity index (χ3n) is 15.6. The van der Waals surface area contributed by atoms with Crippen LogP contribution in [0.5, 0.6) is 0 Å². The van der Waals surface area contributed by atoms with Crippen molar-refractivity contribution in [1.29, 1.82) is 0 Å². The van der Waals surface area contributed by atoms with E-state index in [2.05, 4.69) is 39.1 Å². The van der Waals surface area contributed by atoms with Crippen LogP contribution in [0.3, 0.4) is 0 Å². The number of aliphatic hydroxyl groups is 2. The number of carbonyl (C=O) groups excluding carboxylic acids is 3. The number of carbonyl (C=O) groups is 3. The van der Waals surface area contributed by atoms with Crippen molar-refractivity contribution in [2.24, 2.45) is 16.7 Å². The lowest BCUT2D eigenvalue weighted by Crippen LogP contribution is -2.79. The van der Waals surface area contributed by atoms with Crippen molar-refractivity contribution in [1.82, 2.24) is 19.7 Å². The molecule has 1 spiro atoms. The van der Waals surface area contributed by atoms with E-state index in [1.165, 1.54) is 21.1 Å². The Balaban J connectivity index is 1.32. The highest BCUT2D eigenvalue weighted by molar-refractivity contribution is 5.91. The SMILES string of the molecule is CC[C@]1(O)CCCN(CCc2c([C@@](C)(C(=O)OC)C3C=C4C(=CC3OC)N(C)[C@H]3[C@@](O)(C(=O)OC)[C@H](OC(C)=O)[C@]5(CC)C=CCN6CC[C@]43[C@@H]65)[nH]c3ccccc23)C1. The second-order valence-corrected chi connectivity index (χ2v) is 18.2. The molecule has 5 heterocycles. The Bertz CT molecular complexity index is 2110. The molecule has 13 nitrogen and oxygen atoms in total. The monoisotopic (exact) mass is 814 g/mol. The van der Waals surface area contributed by atoms with Crippen LogP contribution in [-0.4, -0.2) is 144 Å². The standard InChI is InChI=1S/C46H62N4O9/c1-9-43(54)18-13-21-49(27-43)23-17-30-29-15-11-12-16-33(29)47-36(30)42(4,40(52)57-7)32-25-31-34(26-35(32)56-6)48(5)38-45(31)20-24-50-22-14-19-44(10-2,37(45)50)39(59-28(3)51)46(38,55)41(53)58-8/h11-12,14-16,19,25-26,32,35,37-39,47,54-55H,9-10,13,17-18,20-24,27H2,1-8H3/t32?,35?,37-,38+,39+,42-,43-,44+,45+,46-/m0/s1. The highest BCUT2D eigenvalue weighted by Crippen LogP contribution is 2.70. The van der Waals surface area contributed by atoms with Crippen LogP contribution in [0.4, 0.5) is 0 Å². The third kappa shape index (κ3) is 5.77. The van der Waals surface area contributed by atoms with Crippen LogP contribution in [-0.2, 0) is 45.2 Å². The Morgan fingerprint density at radius 2 is 1.76 bits per heavy atom. The van der Waals surface area contributed by atoms with E-state index in [0.29, 0.717) is 51.9 Å². The van der Waals surface area contributed by atoms with Crippen LogP contribution in [0.2, 0.25) is 0 Å². The number of esters is 3. The first kappa shape index (κ1) is 41.7. The largest absolute Gasteiger partial charge is 0.468 e. The maximum Gasteiger partial charge on any atom is 0.344 e. The van der Waals surface area contributed by atoms with Gasteiger partial charge in [0.25, 0.3) is 0 Å². The van der Waals surface area contributed by atoms with Crippen molar-refractivity contribution in [3.63, 3.8) is 0 Å². The second-order valence-electron chi connectivity index (χ2n) is 18.2. The number of piperidine rings is 1. The number of methoxy groups -OCH3 is 3. The van der Waals surface area contributed by atoms with Crippen LogP contribution in [0, 0.1) is 16.7 Å². The van der Waals surface area contributed by atoms with Crippen molar-refractivity contribution in [2.45, 2.75) is 107 Å². The zero-order chi connectivity index (χ0) is 42.3.